The molecule has 0 unspecified atom stereocenters. The van der Waals surface area contributed by atoms with Crippen LogP contribution in [0.1, 0.15) is 16.1 Å². The van der Waals surface area contributed by atoms with E-state index in [0.29, 0.717) is 10.3 Å². The van der Waals surface area contributed by atoms with Crippen molar-refractivity contribution in [2.24, 2.45) is 7.05 Å². The van der Waals surface area contributed by atoms with Gasteiger partial charge < -0.3 is 5.32 Å². The number of nitrogens with one attached hydrogen (secondary N) is 1. The summed E-state index contributed by atoms with van der Waals surface area (Å²) in [6.07, 6.45) is 1.65. The molecule has 2 aromatic heterocycles. The highest BCUT2D eigenvalue weighted by Gasteiger charge is 2.11. The Morgan fingerprint density at radius 1 is 1.42 bits per heavy atom. The van der Waals surface area contributed by atoms with E-state index in [1.54, 1.807) is 6.20 Å². The molecule has 7 heteroatoms. The SMILES string of the molecule is Cc1cnc(NC(=O)c2ccc(=O)n(C)n2)c(Br)c1. The van der Waals surface area contributed by atoms with Crippen LogP contribution < -0.4 is 10.9 Å². The number of hydrogen-bond acceptors (Lipinski definition) is 4. The fourth-order valence-corrected chi connectivity index (χ4v) is 1.98. The maximum atomic E-state index is 12.0. The third-order valence-corrected chi connectivity index (χ3v) is 3.01. The molecule has 0 aliphatic carbocycles. The van der Waals surface area contributed by atoms with Gasteiger partial charge in [0.05, 0.1) is 4.47 Å². The van der Waals surface area contributed by atoms with E-state index in [1.807, 2.05) is 13.0 Å². The minimum atomic E-state index is -0.423. The lowest BCUT2D eigenvalue weighted by Gasteiger charge is -2.07. The highest BCUT2D eigenvalue weighted by Crippen LogP contribution is 2.20. The number of anilines is 1. The van der Waals surface area contributed by atoms with E-state index < -0.39 is 5.91 Å². The summed E-state index contributed by atoms with van der Waals surface area (Å²) >= 11 is 3.32. The Morgan fingerprint density at radius 2 is 2.16 bits per heavy atom. The van der Waals surface area contributed by atoms with Gasteiger partial charge >= 0.3 is 0 Å². The number of amides is 1. The average Bonchev–Trinajstić information content (AvgIpc) is 2.36. The molecule has 98 valence electrons. The third-order valence-electron chi connectivity index (χ3n) is 2.40. The molecule has 0 saturated heterocycles. The molecule has 2 rings (SSSR count). The first kappa shape index (κ1) is 13.4. The average molecular weight is 323 g/mol. The fourth-order valence-electron chi connectivity index (χ4n) is 1.42. The monoisotopic (exact) mass is 322 g/mol. The summed E-state index contributed by atoms with van der Waals surface area (Å²) in [6.45, 7) is 1.90. The molecule has 0 bridgehead atoms. The van der Waals surface area contributed by atoms with Crippen molar-refractivity contribution in [3.05, 3.63) is 50.5 Å². The van der Waals surface area contributed by atoms with Crippen LogP contribution in [0.2, 0.25) is 0 Å². The topological polar surface area (TPSA) is 76.9 Å². The molecule has 2 heterocycles. The van der Waals surface area contributed by atoms with Crippen LogP contribution in [0.3, 0.4) is 0 Å². The van der Waals surface area contributed by atoms with Crippen LogP contribution >= 0.6 is 15.9 Å². The minimum Gasteiger partial charge on any atom is -0.304 e. The molecule has 1 amide bonds. The summed E-state index contributed by atoms with van der Waals surface area (Å²) in [5.74, 6) is -0.0149. The second-order valence-corrected chi connectivity index (χ2v) is 4.83. The van der Waals surface area contributed by atoms with Crippen LogP contribution in [0, 0.1) is 6.92 Å². The van der Waals surface area contributed by atoms with E-state index in [4.69, 9.17) is 0 Å². The van der Waals surface area contributed by atoms with Crippen molar-refractivity contribution in [1.29, 1.82) is 0 Å². The maximum absolute atomic E-state index is 12.0. The number of carbonyl (C=O) groups is 1. The zero-order valence-electron chi connectivity index (χ0n) is 10.3. The lowest BCUT2D eigenvalue weighted by atomic mass is 10.3. The lowest BCUT2D eigenvalue weighted by molar-refractivity contribution is 0.101. The van der Waals surface area contributed by atoms with Crippen LogP contribution in [0.15, 0.2) is 33.7 Å². The van der Waals surface area contributed by atoms with Crippen molar-refractivity contribution < 1.29 is 4.79 Å². The van der Waals surface area contributed by atoms with Crippen LogP contribution in [-0.2, 0) is 7.05 Å². The second-order valence-electron chi connectivity index (χ2n) is 3.98. The van der Waals surface area contributed by atoms with Gasteiger partial charge in [-0.15, -0.1) is 0 Å². The summed E-state index contributed by atoms with van der Waals surface area (Å²) in [5.41, 5.74) is 0.854. The Morgan fingerprint density at radius 3 is 2.79 bits per heavy atom. The van der Waals surface area contributed by atoms with Gasteiger partial charge in [0.15, 0.2) is 0 Å². The summed E-state index contributed by atoms with van der Waals surface area (Å²) in [4.78, 5) is 27.3. The van der Waals surface area contributed by atoms with Crippen molar-refractivity contribution in [1.82, 2.24) is 14.8 Å². The molecule has 6 nitrogen and oxygen atoms in total. The van der Waals surface area contributed by atoms with Gasteiger partial charge in [0, 0.05) is 19.3 Å². The van der Waals surface area contributed by atoms with Crippen molar-refractivity contribution in [2.45, 2.75) is 6.92 Å². The largest absolute Gasteiger partial charge is 0.304 e. The van der Waals surface area contributed by atoms with Gasteiger partial charge in [0.25, 0.3) is 11.5 Å². The van der Waals surface area contributed by atoms with Gasteiger partial charge in [-0.3, -0.25) is 9.59 Å². The molecule has 0 radical (unpaired) electrons. The summed E-state index contributed by atoms with van der Waals surface area (Å²) < 4.78 is 1.79. The molecule has 0 fully saturated rings. The Bertz CT molecular complexity index is 696. The number of halogens is 1. The van der Waals surface area contributed by atoms with Gasteiger partial charge in [-0.1, -0.05) is 0 Å². The number of rotatable bonds is 2. The second kappa shape index (κ2) is 5.31. The van der Waals surface area contributed by atoms with Crippen LogP contribution in [0.25, 0.3) is 0 Å². The van der Waals surface area contributed by atoms with Crippen molar-refractivity contribution >= 4 is 27.7 Å². The molecule has 0 saturated carbocycles. The van der Waals surface area contributed by atoms with Crippen LogP contribution in [-0.4, -0.2) is 20.7 Å². The molecule has 2 aromatic rings. The number of hydrogen-bond donors (Lipinski definition) is 1. The van der Waals surface area contributed by atoms with E-state index in [9.17, 15) is 9.59 Å². The van der Waals surface area contributed by atoms with E-state index in [1.165, 1.54) is 19.2 Å². The predicted molar refractivity (Wildman–Crippen MR) is 74.1 cm³/mol. The standard InChI is InChI=1S/C12H11BrN4O2/c1-7-5-8(13)11(14-6-7)15-12(19)9-3-4-10(18)17(2)16-9/h3-6H,1-2H3,(H,14,15,19). The number of nitrogens with zero attached hydrogens (tertiary/aromatic N) is 3. The molecule has 0 aliphatic rings. The fraction of sp³-hybridized carbons (Fsp3) is 0.167. The van der Waals surface area contributed by atoms with Crippen molar-refractivity contribution in [3.8, 4) is 0 Å². The molecule has 0 spiro atoms. The van der Waals surface area contributed by atoms with Gasteiger partial charge in [-0.2, -0.15) is 5.10 Å². The number of pyridine rings is 1. The minimum absolute atomic E-state index is 0.149. The predicted octanol–water partition coefficient (Wildman–Crippen LogP) is 1.50. The molecule has 19 heavy (non-hydrogen) atoms. The summed E-state index contributed by atoms with van der Waals surface area (Å²) in [6, 6.07) is 4.51. The first-order valence-corrected chi connectivity index (χ1v) is 6.24. The number of carbonyl (C=O) groups excluding carboxylic acids is 1. The van der Waals surface area contributed by atoms with Crippen molar-refractivity contribution in [3.63, 3.8) is 0 Å². The first-order chi connectivity index (χ1) is 8.97. The summed E-state index contributed by atoms with van der Waals surface area (Å²) in [7, 11) is 1.49. The molecule has 0 aromatic carbocycles. The van der Waals surface area contributed by atoms with Crippen LogP contribution in [0.4, 0.5) is 5.82 Å². The van der Waals surface area contributed by atoms with Gasteiger partial charge in [-0.25, -0.2) is 9.67 Å². The van der Waals surface area contributed by atoms with E-state index >= 15 is 0 Å². The Labute approximate surface area is 117 Å². The highest BCUT2D eigenvalue weighted by molar-refractivity contribution is 9.10. The first-order valence-electron chi connectivity index (χ1n) is 5.45. The zero-order valence-corrected chi connectivity index (χ0v) is 11.9. The van der Waals surface area contributed by atoms with Gasteiger partial charge in [0.1, 0.15) is 11.5 Å². The van der Waals surface area contributed by atoms with Gasteiger partial charge in [0.2, 0.25) is 0 Å². The normalized spacial score (nSPS) is 10.3. The van der Waals surface area contributed by atoms with Gasteiger partial charge in [-0.05, 0) is 40.5 Å². The quantitative estimate of drug-likeness (QED) is 0.909. The summed E-state index contributed by atoms with van der Waals surface area (Å²) in [5, 5.41) is 6.49. The number of aromatic nitrogens is 3. The molecule has 0 atom stereocenters. The van der Waals surface area contributed by atoms with E-state index in [0.717, 1.165) is 10.2 Å². The number of aryl methyl sites for hydroxylation is 2. The smallest absolute Gasteiger partial charge is 0.277 e. The van der Waals surface area contributed by atoms with E-state index in [-0.39, 0.29) is 11.3 Å². The Balaban J connectivity index is 2.25. The molecule has 1 N–H and O–H groups in total. The highest BCUT2D eigenvalue weighted by atomic mass is 79.9. The molecule has 0 aliphatic heterocycles. The maximum Gasteiger partial charge on any atom is 0.277 e. The molecular formula is C12H11BrN4O2. The van der Waals surface area contributed by atoms with Crippen LogP contribution in [0.5, 0.6) is 0 Å². The zero-order chi connectivity index (χ0) is 14.0. The lowest BCUT2D eigenvalue weighted by Crippen LogP contribution is -2.23. The van der Waals surface area contributed by atoms with Crippen molar-refractivity contribution in [2.75, 3.05) is 5.32 Å². The Hall–Kier alpha value is -2.02. The Kier molecular flexibility index (Phi) is 3.75. The van der Waals surface area contributed by atoms with E-state index in [2.05, 4.69) is 31.3 Å². The molecular weight excluding hydrogens is 312 g/mol. The third kappa shape index (κ3) is 3.05.